The first-order chi connectivity index (χ1) is 54.6. The molecule has 10 unspecified atom stereocenters. The number of nitrogens with one attached hydrogen (secondary N) is 3. The molecule has 0 amide bonds. The van der Waals surface area contributed by atoms with Gasteiger partial charge in [0.2, 0.25) is 18.1 Å². The number of imidazole rings is 4. The number of aromatic nitrogens is 16. The fraction of sp³-hybridized carbons (Fsp3) is 0.536. The summed E-state index contributed by atoms with van der Waals surface area (Å²) in [7, 11) is -26.9. The maximum atomic E-state index is 14.4. The van der Waals surface area contributed by atoms with Gasteiger partial charge >= 0.3 is 153 Å². The summed E-state index contributed by atoms with van der Waals surface area (Å²) in [5, 5.41) is 61.8. The van der Waals surface area contributed by atoms with Crippen LogP contribution in [0.25, 0.3) is 44.7 Å². The standard InChI is InChI=1S/C56H74N21O34P5.5Na/c1-56(2,3)40(22-10-8-9-11-23(22)77(84)85)99-21-98-37-33(79)25(105-50(37)76-20-72(5)31-45(76)68-55(59)71-48(31)83)13-102-114(90,91)110-116(94,95)111-115(92,93)103-15-27-36(38(96-6)51(106-27)73-17-63-28-41(60-4)61-16-62-42(28)73)109-113(88,89)101-14-26-35(39(97-7)52(107-26)75-19-65-30-44(75)67-54(58)70-47(30)82)108-112(86,87)100-12-24-32(78)34(80)49(104-24)74-18-64-29-43(74)66-53(57)69-46(29)81;;;;;/h8-11,16-20,24-27,32-40,49-52,78-80H,12-15,21H2,1-7H3,(H14-,57,58,59,60,61,62,66,67,68,69,70,71,81,82,83,86,87,88,89,90,91,92,93,94,95);;;;;/q;5*+1/p-5/t24-,25-,26-,27-,32+,33+,34?,35+,36+,37?,38?,39?,40?,49-,50-,51-,52-;;;;;/m1...../s1. The van der Waals surface area contributed by atoms with Gasteiger partial charge < -0.3 is 132 Å². The number of phosphoric acid groups is 5. The monoisotopic (exact) mass is 1850 g/mol. The Morgan fingerprint density at radius 1 is 0.612 bits per heavy atom. The average molecular weight is 1850 g/mol. The second kappa shape index (κ2) is 41.2. The second-order valence-electron chi connectivity index (χ2n) is 26.9. The van der Waals surface area contributed by atoms with E-state index in [1.165, 1.54) is 49.3 Å². The molecular formula is C56H69N21Na5O34P5. The summed E-state index contributed by atoms with van der Waals surface area (Å²) < 4.78 is 161. The van der Waals surface area contributed by atoms with Crippen LogP contribution in [0.3, 0.4) is 0 Å². The predicted molar refractivity (Wildman–Crippen MR) is 368 cm³/mol. The summed E-state index contributed by atoms with van der Waals surface area (Å²) in [5.41, 5.74) is 13.2. The number of aromatic amines is 2. The van der Waals surface area contributed by atoms with Crippen LogP contribution >= 0.6 is 39.1 Å². The van der Waals surface area contributed by atoms with Crippen molar-refractivity contribution >= 4 is 113 Å². The van der Waals surface area contributed by atoms with Gasteiger partial charge in [-0.15, -0.1) is 0 Å². The summed E-state index contributed by atoms with van der Waals surface area (Å²) >= 11 is 0. The number of nitro groups is 1. The summed E-state index contributed by atoms with van der Waals surface area (Å²) in [6, 6.07) is 5.66. The van der Waals surface area contributed by atoms with Crippen molar-refractivity contribution in [2.45, 2.75) is 125 Å². The van der Waals surface area contributed by atoms with Gasteiger partial charge in [-0.2, -0.15) is 9.97 Å². The van der Waals surface area contributed by atoms with E-state index < -0.39 is 216 Å². The van der Waals surface area contributed by atoms with Gasteiger partial charge in [0.15, 0.2) is 64.3 Å². The van der Waals surface area contributed by atoms with Crippen LogP contribution in [0.4, 0.5) is 29.4 Å². The first-order valence-electron chi connectivity index (χ1n) is 33.7. The minimum Gasteiger partial charge on any atom is -0.856 e. The quantitative estimate of drug-likeness (QED) is 0.00460. The van der Waals surface area contributed by atoms with Crippen molar-refractivity contribution in [2.75, 3.05) is 77.0 Å². The molecule has 0 saturated carbocycles. The Kier molecular flexibility index (Phi) is 35.0. The van der Waals surface area contributed by atoms with Crippen LogP contribution < -0.4 is 216 Å². The van der Waals surface area contributed by atoms with E-state index in [-0.39, 0.29) is 215 Å². The third-order valence-corrected chi connectivity index (χ3v) is 24.4. The topological polar surface area (TPSA) is 771 Å². The number of nitrogens with zero attached hydrogens (tertiary/aromatic N) is 15. The molecular weight excluding hydrogens is 1780 g/mol. The number of aliphatic hydroxyl groups excluding tert-OH is 3. The first kappa shape index (κ1) is 103. The van der Waals surface area contributed by atoms with Gasteiger partial charge in [0.05, 0.1) is 69.0 Å². The number of methoxy groups -OCH3 is 2. The molecule has 8 aromatic heterocycles. The Morgan fingerprint density at radius 2 is 1.08 bits per heavy atom. The van der Waals surface area contributed by atoms with Crippen LogP contribution in [0.2, 0.25) is 0 Å². The van der Waals surface area contributed by atoms with Crippen molar-refractivity contribution in [3.05, 3.63) is 92.3 Å². The van der Waals surface area contributed by atoms with Gasteiger partial charge in [-0.25, -0.2) is 43.1 Å². The van der Waals surface area contributed by atoms with E-state index in [1.807, 2.05) is 0 Å². The van der Waals surface area contributed by atoms with Gasteiger partial charge in [-0.05, 0) is 11.5 Å². The van der Waals surface area contributed by atoms with E-state index in [0.717, 1.165) is 57.8 Å². The van der Waals surface area contributed by atoms with Crippen LogP contribution in [-0.2, 0) is 104 Å². The summed E-state index contributed by atoms with van der Waals surface area (Å²) in [5.74, 6) is -2.06. The molecule has 1 aromatic carbocycles. The number of phosphoric ester groups is 4. The van der Waals surface area contributed by atoms with E-state index in [9.17, 15) is 87.4 Å². The Bertz CT molecular complexity index is 5590. The Labute approximate surface area is 789 Å². The fourth-order valence-electron chi connectivity index (χ4n) is 13.3. The number of nitrogens with two attached hydrogens (primary N) is 3. The van der Waals surface area contributed by atoms with Gasteiger partial charge in [-0.3, -0.25) is 70.8 Å². The van der Waals surface area contributed by atoms with Crippen LogP contribution in [0.5, 0.6) is 5.88 Å². The summed E-state index contributed by atoms with van der Waals surface area (Å²) in [4.78, 5) is 147. The van der Waals surface area contributed by atoms with Gasteiger partial charge in [0.25, 0.3) is 61.9 Å². The fourth-order valence-corrected chi connectivity index (χ4v) is 18.6. The first-order valence-corrected chi connectivity index (χ1v) is 41.0. The Morgan fingerprint density at radius 3 is 1.59 bits per heavy atom. The molecule has 55 nitrogen and oxygen atoms in total. The van der Waals surface area contributed by atoms with Gasteiger partial charge in [-0.1, -0.05) is 37.9 Å². The Hall–Kier alpha value is -3.39. The minimum atomic E-state index is -6.81. The number of aliphatic hydroxyl groups is 3. The molecule has 9 aromatic rings. The number of hydrogen-bond donors (Lipinski definition) is 9. The Balaban J connectivity index is 0.00000364. The number of rotatable bonds is 33. The average Bonchev–Trinajstić information content (AvgIpc) is 1.63. The van der Waals surface area contributed by atoms with E-state index >= 15 is 0 Å². The zero-order valence-electron chi connectivity index (χ0n) is 65.7. The smallest absolute Gasteiger partial charge is 0.856 e. The number of anilines is 4. The number of hydrogen-bond acceptors (Lipinski definition) is 47. The van der Waals surface area contributed by atoms with Gasteiger partial charge in [0.1, 0.15) is 91.9 Å². The van der Waals surface area contributed by atoms with Crippen molar-refractivity contribution in [2.24, 2.45) is 12.5 Å². The maximum absolute atomic E-state index is 14.4. The number of nitro benzene ring substituents is 1. The van der Waals surface area contributed by atoms with Crippen LogP contribution in [-0.4, -0.2) is 221 Å². The number of para-hydroxylation sites is 1. The second-order valence-corrected chi connectivity index (χ2v) is 34.1. The molecule has 4 aliphatic rings. The molecule has 4 aliphatic heterocycles. The molecule has 632 valence electrons. The van der Waals surface area contributed by atoms with E-state index in [2.05, 4.69) is 68.8 Å². The molecule has 0 radical (unpaired) electrons. The number of benzene rings is 1. The van der Waals surface area contributed by atoms with Crippen molar-refractivity contribution in [3.63, 3.8) is 0 Å². The largest absolute Gasteiger partial charge is 1.00 e. The molecule has 12 N–H and O–H groups in total. The summed E-state index contributed by atoms with van der Waals surface area (Å²) in [6.45, 7) is -1.04. The van der Waals surface area contributed by atoms with Crippen LogP contribution in [0.1, 0.15) is 57.4 Å². The van der Waals surface area contributed by atoms with Crippen molar-refractivity contribution in [1.82, 2.24) is 73.1 Å². The third kappa shape index (κ3) is 22.6. The number of H-pyrrole nitrogens is 2. The SMILES string of the molecule is CNc1ncnc2c1ncn2[C@@H]1O[C@H](COP(=O)([O-])OP(=O)([O-])OP(=O)([O-])OC[C@H]2O[C@@H]([n+]3cn(C)c4c([O-])nc(N)nc43)C(OCOC(c3ccccc3[N+](=O)[O-])C(C)(C)C)[C@H]2O)[C@H](OP(=O)([O-])OC[C@H]2O[C@@H](n3cnc4c(=O)[nH]c(N)nc43)C(OC)[C@H]2OP(=O)([O-])OC[C@H]2O[C@@H](n3cnc4c(=O)[nH]c(N)nc43)C(O)[C@H]2O)C1OC.[Na+].[Na+].[Na+].[Na+].[Na+]. The van der Waals surface area contributed by atoms with Crippen molar-refractivity contribution < 1.29 is 299 Å². The van der Waals surface area contributed by atoms with Crippen LogP contribution in [0, 0.1) is 15.5 Å². The molecule has 0 spiro atoms. The summed E-state index contributed by atoms with van der Waals surface area (Å²) in [6.07, 6.45) is -25.3. The molecule has 0 aliphatic carbocycles. The van der Waals surface area contributed by atoms with E-state index in [0.29, 0.717) is 0 Å². The number of aryl methyl sites for hydroxylation is 1. The molecule has 4 fully saturated rings. The molecule has 13 rings (SSSR count). The van der Waals surface area contributed by atoms with Crippen molar-refractivity contribution in [1.29, 1.82) is 0 Å². The third-order valence-electron chi connectivity index (χ3n) is 18.3. The zero-order chi connectivity index (χ0) is 83.8. The van der Waals surface area contributed by atoms with E-state index in [4.69, 9.17) is 82.2 Å². The number of ether oxygens (including phenoxy) is 8. The molecule has 22 atom stereocenters. The zero-order valence-corrected chi connectivity index (χ0v) is 80.2. The number of fused-ring (bicyclic) bond motifs is 4. The normalized spacial score (nSPS) is 27.0. The van der Waals surface area contributed by atoms with Gasteiger partial charge in [0, 0.05) is 33.2 Å². The molecule has 12 heterocycles. The number of nitrogen functional groups attached to an aromatic ring is 3. The molecule has 4 saturated heterocycles. The van der Waals surface area contributed by atoms with Crippen molar-refractivity contribution in [3.8, 4) is 5.88 Å². The predicted octanol–water partition coefficient (Wildman–Crippen LogP) is -19.8. The molecule has 65 heteroatoms. The van der Waals surface area contributed by atoms with E-state index in [1.54, 1.807) is 20.8 Å². The molecule has 121 heavy (non-hydrogen) atoms. The molecule has 0 bridgehead atoms. The van der Waals surface area contributed by atoms with Crippen LogP contribution in [0.15, 0.2) is 65.5 Å². The maximum Gasteiger partial charge on any atom is 1.00 e. The minimum absolute atomic E-state index is 0.